The highest BCUT2D eigenvalue weighted by Gasteiger charge is 2.47. The standard InChI is InChI=1S/C30H29NO/c1-30(2,3)20-11-13-24-23(16-20)27-17-8-9-18(14-17)28(27)29(31-24)19-10-12-22-21-6-4-5-7-25(21)32-26(22)15-19/h4-7,10-13,15,17-18,23H,8-9,14,16H2,1-3H3. The Morgan fingerprint density at radius 1 is 0.906 bits per heavy atom. The zero-order valence-electron chi connectivity index (χ0n) is 19.1. The van der Waals surface area contributed by atoms with Crippen molar-refractivity contribution in [3.8, 4) is 0 Å². The molecule has 2 heteroatoms. The van der Waals surface area contributed by atoms with E-state index in [1.165, 1.54) is 47.0 Å². The first-order valence-electron chi connectivity index (χ1n) is 12.1. The number of allylic oxidation sites excluding steroid dienone is 5. The van der Waals surface area contributed by atoms with Crippen molar-refractivity contribution in [2.24, 2.45) is 28.2 Å². The van der Waals surface area contributed by atoms with E-state index in [-0.39, 0.29) is 5.41 Å². The van der Waals surface area contributed by atoms with E-state index in [9.17, 15) is 0 Å². The van der Waals surface area contributed by atoms with Crippen LogP contribution in [0.15, 0.2) is 86.4 Å². The van der Waals surface area contributed by atoms with Crippen LogP contribution in [0.4, 0.5) is 0 Å². The van der Waals surface area contributed by atoms with Crippen LogP contribution in [-0.2, 0) is 0 Å². The predicted octanol–water partition coefficient (Wildman–Crippen LogP) is 7.99. The third-order valence-corrected chi connectivity index (χ3v) is 8.32. The van der Waals surface area contributed by atoms with E-state index in [1.807, 2.05) is 6.07 Å². The van der Waals surface area contributed by atoms with E-state index in [4.69, 9.17) is 9.41 Å². The van der Waals surface area contributed by atoms with E-state index >= 15 is 0 Å². The van der Waals surface area contributed by atoms with Crippen molar-refractivity contribution in [3.05, 3.63) is 82.6 Å². The van der Waals surface area contributed by atoms with Gasteiger partial charge in [0.1, 0.15) is 11.2 Å². The van der Waals surface area contributed by atoms with Gasteiger partial charge < -0.3 is 4.42 Å². The maximum Gasteiger partial charge on any atom is 0.136 e. The number of benzene rings is 2. The summed E-state index contributed by atoms with van der Waals surface area (Å²) in [4.78, 5) is 5.35. The number of fused-ring (bicyclic) bond motifs is 9. The molecule has 1 aliphatic heterocycles. The molecule has 2 nitrogen and oxygen atoms in total. The second-order valence-corrected chi connectivity index (χ2v) is 11.1. The molecule has 2 heterocycles. The van der Waals surface area contributed by atoms with Crippen molar-refractivity contribution >= 4 is 27.7 Å². The molecule has 0 radical (unpaired) electrons. The van der Waals surface area contributed by atoms with Crippen molar-refractivity contribution in [3.63, 3.8) is 0 Å². The van der Waals surface area contributed by atoms with Crippen LogP contribution < -0.4 is 0 Å². The summed E-state index contributed by atoms with van der Waals surface area (Å²) in [5.74, 6) is 1.92. The van der Waals surface area contributed by atoms with Crippen LogP contribution >= 0.6 is 0 Å². The Labute approximate surface area is 189 Å². The highest BCUT2D eigenvalue weighted by atomic mass is 16.3. The summed E-state index contributed by atoms with van der Waals surface area (Å²) >= 11 is 0. The van der Waals surface area contributed by atoms with E-state index in [1.54, 1.807) is 16.7 Å². The van der Waals surface area contributed by atoms with E-state index in [0.29, 0.717) is 11.8 Å². The lowest BCUT2D eigenvalue weighted by Gasteiger charge is -2.37. The predicted molar refractivity (Wildman–Crippen MR) is 132 cm³/mol. The Kier molecular flexibility index (Phi) is 3.70. The van der Waals surface area contributed by atoms with E-state index < -0.39 is 0 Å². The van der Waals surface area contributed by atoms with Crippen molar-refractivity contribution in [1.29, 1.82) is 0 Å². The Hall–Kier alpha value is -2.87. The van der Waals surface area contributed by atoms with E-state index in [0.717, 1.165) is 23.5 Å². The van der Waals surface area contributed by atoms with Crippen LogP contribution in [0.1, 0.15) is 52.0 Å². The lowest BCUT2D eigenvalue weighted by molar-refractivity contribution is 0.444. The van der Waals surface area contributed by atoms with Crippen LogP contribution in [-0.4, -0.2) is 5.71 Å². The molecule has 7 rings (SSSR count). The fourth-order valence-corrected chi connectivity index (χ4v) is 6.70. The molecule has 3 aliphatic carbocycles. The average Bonchev–Trinajstić information content (AvgIpc) is 3.50. The maximum atomic E-state index is 6.22. The number of nitrogens with zero attached hydrogens (tertiary/aromatic N) is 1. The summed E-state index contributed by atoms with van der Waals surface area (Å²) in [6, 6.07) is 15.0. The van der Waals surface area contributed by atoms with Crippen molar-refractivity contribution in [2.75, 3.05) is 0 Å². The molecular formula is C30H29NO. The van der Waals surface area contributed by atoms with E-state index in [2.05, 4.69) is 69.3 Å². The Morgan fingerprint density at radius 3 is 2.59 bits per heavy atom. The molecule has 0 amide bonds. The fraction of sp³-hybridized carbons (Fsp3) is 0.367. The van der Waals surface area contributed by atoms with Gasteiger partial charge in [-0.15, -0.1) is 0 Å². The fourth-order valence-electron chi connectivity index (χ4n) is 6.70. The normalized spacial score (nSPS) is 26.8. The minimum absolute atomic E-state index is 0.219. The molecule has 0 spiro atoms. The molecule has 1 aromatic heterocycles. The van der Waals surface area contributed by atoms with Gasteiger partial charge in [-0.3, -0.25) is 4.99 Å². The first-order valence-corrected chi connectivity index (χ1v) is 12.1. The summed E-state index contributed by atoms with van der Waals surface area (Å²) in [5, 5.41) is 2.38. The van der Waals surface area contributed by atoms with Crippen LogP contribution in [0.2, 0.25) is 0 Å². The summed E-state index contributed by atoms with van der Waals surface area (Å²) in [5.41, 5.74) is 10.7. The van der Waals surface area contributed by atoms with Gasteiger partial charge in [0.25, 0.3) is 0 Å². The molecular weight excluding hydrogens is 390 g/mol. The number of furan rings is 1. The van der Waals surface area contributed by atoms with Gasteiger partial charge in [-0.25, -0.2) is 0 Å². The third kappa shape index (κ3) is 2.56. The molecule has 3 atom stereocenters. The van der Waals surface area contributed by atoms with Gasteiger partial charge in [0.05, 0.1) is 5.71 Å². The van der Waals surface area contributed by atoms with Gasteiger partial charge in [0.2, 0.25) is 0 Å². The number of hydrogen-bond donors (Lipinski definition) is 0. The molecule has 0 saturated heterocycles. The lowest BCUT2D eigenvalue weighted by Crippen LogP contribution is -2.27. The zero-order valence-corrected chi connectivity index (χ0v) is 19.1. The Morgan fingerprint density at radius 2 is 1.72 bits per heavy atom. The topological polar surface area (TPSA) is 25.5 Å². The lowest BCUT2D eigenvalue weighted by atomic mass is 9.70. The number of aliphatic imine (C=N–C) groups is 1. The molecule has 0 N–H and O–H groups in total. The molecule has 32 heavy (non-hydrogen) atoms. The maximum absolute atomic E-state index is 6.22. The molecule has 1 saturated carbocycles. The highest BCUT2D eigenvalue weighted by molar-refractivity contribution is 6.17. The van der Waals surface area contributed by atoms with Crippen LogP contribution in [0.25, 0.3) is 21.9 Å². The minimum atomic E-state index is 0.219. The molecule has 160 valence electrons. The van der Waals surface area contributed by atoms with Crippen molar-refractivity contribution in [2.45, 2.75) is 46.5 Å². The zero-order chi connectivity index (χ0) is 21.6. The average molecular weight is 420 g/mol. The SMILES string of the molecule is CC(C)(C)C1=CC=C2N=C(c3ccc4c(c3)oc3ccccc34)C3=C(C4CCC3C4)C2C1. The summed E-state index contributed by atoms with van der Waals surface area (Å²) in [6.07, 6.45) is 9.80. The number of rotatable bonds is 1. The summed E-state index contributed by atoms with van der Waals surface area (Å²) < 4.78 is 6.22. The van der Waals surface area contributed by atoms with Crippen LogP contribution in [0.5, 0.6) is 0 Å². The number of hydrogen-bond acceptors (Lipinski definition) is 2. The molecule has 3 unspecified atom stereocenters. The molecule has 1 fully saturated rings. The van der Waals surface area contributed by atoms with Crippen molar-refractivity contribution in [1.82, 2.24) is 0 Å². The molecule has 2 aromatic carbocycles. The minimum Gasteiger partial charge on any atom is -0.456 e. The molecule has 2 bridgehead atoms. The third-order valence-electron chi connectivity index (χ3n) is 8.32. The Bertz CT molecular complexity index is 1420. The largest absolute Gasteiger partial charge is 0.456 e. The number of dihydropyridines is 1. The van der Waals surface area contributed by atoms with Crippen LogP contribution in [0, 0.1) is 23.2 Å². The first-order chi connectivity index (χ1) is 15.5. The van der Waals surface area contributed by atoms with Gasteiger partial charge in [-0.05, 0) is 72.8 Å². The highest BCUT2D eigenvalue weighted by Crippen LogP contribution is 2.57. The molecule has 3 aromatic rings. The Balaban J connectivity index is 1.41. The summed E-state index contributed by atoms with van der Waals surface area (Å²) in [7, 11) is 0. The second-order valence-electron chi connectivity index (χ2n) is 11.1. The van der Waals surface area contributed by atoms with Gasteiger partial charge in [0.15, 0.2) is 0 Å². The van der Waals surface area contributed by atoms with Gasteiger partial charge in [0, 0.05) is 28.0 Å². The van der Waals surface area contributed by atoms with Crippen molar-refractivity contribution < 1.29 is 4.42 Å². The van der Waals surface area contributed by atoms with Gasteiger partial charge in [-0.2, -0.15) is 0 Å². The smallest absolute Gasteiger partial charge is 0.136 e. The monoisotopic (exact) mass is 419 g/mol. The van der Waals surface area contributed by atoms with Gasteiger partial charge >= 0.3 is 0 Å². The quantitative estimate of drug-likeness (QED) is 0.392. The second kappa shape index (κ2) is 6.34. The van der Waals surface area contributed by atoms with Crippen LogP contribution in [0.3, 0.4) is 0 Å². The number of para-hydroxylation sites is 1. The summed E-state index contributed by atoms with van der Waals surface area (Å²) in [6.45, 7) is 7.02. The first kappa shape index (κ1) is 18.7. The molecule has 4 aliphatic rings. The van der Waals surface area contributed by atoms with Gasteiger partial charge in [-0.1, -0.05) is 62.3 Å².